The first-order valence-corrected chi connectivity index (χ1v) is 9.37. The van der Waals surface area contributed by atoms with Crippen LogP contribution in [0.4, 0.5) is 4.79 Å². The van der Waals surface area contributed by atoms with Crippen LogP contribution in [0.25, 0.3) is 0 Å². The molecule has 0 aliphatic rings. The quantitative estimate of drug-likeness (QED) is 0.856. The van der Waals surface area contributed by atoms with E-state index in [0.29, 0.717) is 5.02 Å². The van der Waals surface area contributed by atoms with Gasteiger partial charge in [-0.15, -0.1) is 0 Å². The third-order valence-electron chi connectivity index (χ3n) is 3.15. The monoisotopic (exact) mass is 376 g/mol. The van der Waals surface area contributed by atoms with Crippen molar-refractivity contribution in [3.8, 4) is 0 Å². The summed E-state index contributed by atoms with van der Waals surface area (Å²) in [5.41, 5.74) is 0.193. The molecule has 1 rings (SSSR count). The third-order valence-corrected chi connectivity index (χ3v) is 5.37. The van der Waals surface area contributed by atoms with Gasteiger partial charge in [0.15, 0.2) is 0 Å². The SMILES string of the molecule is Cc1ccc(S(=O)(=O)N(C)C[C@H](C)NC(=O)OC(C)(C)C)cc1Cl. The van der Waals surface area contributed by atoms with E-state index in [-0.39, 0.29) is 11.4 Å². The Labute approximate surface area is 149 Å². The summed E-state index contributed by atoms with van der Waals surface area (Å²) >= 11 is 6.00. The van der Waals surface area contributed by atoms with Crippen LogP contribution in [0, 0.1) is 6.92 Å². The topological polar surface area (TPSA) is 75.7 Å². The van der Waals surface area contributed by atoms with Crippen LogP contribution in [-0.4, -0.2) is 44.1 Å². The molecule has 136 valence electrons. The zero-order chi connectivity index (χ0) is 18.7. The van der Waals surface area contributed by atoms with Gasteiger partial charge in [-0.2, -0.15) is 4.31 Å². The van der Waals surface area contributed by atoms with Crippen LogP contribution in [0.1, 0.15) is 33.3 Å². The second kappa shape index (κ2) is 7.72. The molecule has 0 saturated carbocycles. The van der Waals surface area contributed by atoms with Gasteiger partial charge in [0.25, 0.3) is 0 Å². The highest BCUT2D eigenvalue weighted by Gasteiger charge is 2.24. The molecule has 24 heavy (non-hydrogen) atoms. The molecule has 0 aromatic heterocycles. The van der Waals surface area contributed by atoms with E-state index in [1.54, 1.807) is 40.7 Å². The van der Waals surface area contributed by atoms with Crippen LogP contribution >= 0.6 is 11.6 Å². The zero-order valence-corrected chi connectivity index (χ0v) is 16.5. The van der Waals surface area contributed by atoms with E-state index in [1.807, 2.05) is 0 Å². The van der Waals surface area contributed by atoms with E-state index in [1.165, 1.54) is 23.5 Å². The van der Waals surface area contributed by atoms with Crippen LogP contribution < -0.4 is 5.32 Å². The number of nitrogens with zero attached hydrogens (tertiary/aromatic N) is 1. The molecular weight excluding hydrogens is 352 g/mol. The van der Waals surface area contributed by atoms with Crippen molar-refractivity contribution in [3.63, 3.8) is 0 Å². The summed E-state index contributed by atoms with van der Waals surface area (Å²) in [5.74, 6) is 0. The molecule has 1 N–H and O–H groups in total. The Morgan fingerprint density at radius 1 is 1.38 bits per heavy atom. The molecule has 8 heteroatoms. The number of rotatable bonds is 5. The van der Waals surface area contributed by atoms with Gasteiger partial charge in [0, 0.05) is 24.7 Å². The molecule has 1 amide bonds. The van der Waals surface area contributed by atoms with Crippen molar-refractivity contribution in [2.24, 2.45) is 0 Å². The van der Waals surface area contributed by atoms with Crippen molar-refractivity contribution in [1.82, 2.24) is 9.62 Å². The van der Waals surface area contributed by atoms with Gasteiger partial charge in [-0.1, -0.05) is 17.7 Å². The second-order valence-corrected chi connectivity index (χ2v) is 9.20. The Balaban J connectivity index is 2.76. The lowest BCUT2D eigenvalue weighted by atomic mass is 10.2. The Hall–Kier alpha value is -1.31. The van der Waals surface area contributed by atoms with Crippen molar-refractivity contribution in [3.05, 3.63) is 28.8 Å². The Morgan fingerprint density at radius 2 is 1.96 bits per heavy atom. The molecule has 6 nitrogen and oxygen atoms in total. The first-order chi connectivity index (χ1) is 10.8. The minimum Gasteiger partial charge on any atom is -0.444 e. The summed E-state index contributed by atoms with van der Waals surface area (Å²) < 4.78 is 31.5. The smallest absolute Gasteiger partial charge is 0.407 e. The number of hydrogen-bond acceptors (Lipinski definition) is 4. The number of halogens is 1. The van der Waals surface area contributed by atoms with Crippen LogP contribution in [0.5, 0.6) is 0 Å². The number of hydrogen-bond donors (Lipinski definition) is 1. The number of sulfonamides is 1. The minimum absolute atomic E-state index is 0.104. The molecular formula is C16H25ClN2O4S. The number of amides is 1. The van der Waals surface area contributed by atoms with Gasteiger partial charge in [0.2, 0.25) is 10.0 Å². The fourth-order valence-electron chi connectivity index (χ4n) is 1.95. The second-order valence-electron chi connectivity index (χ2n) is 6.74. The normalized spacial score (nSPS) is 13.7. The van der Waals surface area contributed by atoms with Crippen LogP contribution in [0.3, 0.4) is 0 Å². The standard InChI is InChI=1S/C16H25ClN2O4S/c1-11-7-8-13(9-14(11)17)24(21,22)19(6)10-12(2)18-15(20)23-16(3,4)5/h7-9,12H,10H2,1-6H3,(H,18,20)/t12-/m0/s1. The molecule has 0 unspecified atom stereocenters. The number of carbonyl (C=O) groups excluding carboxylic acids is 1. The largest absolute Gasteiger partial charge is 0.444 e. The number of aryl methyl sites for hydroxylation is 1. The molecule has 0 radical (unpaired) electrons. The minimum atomic E-state index is -3.69. The van der Waals surface area contributed by atoms with E-state index in [0.717, 1.165) is 5.56 Å². The van der Waals surface area contributed by atoms with Crippen molar-refractivity contribution in [1.29, 1.82) is 0 Å². The molecule has 0 saturated heterocycles. The first kappa shape index (κ1) is 20.7. The summed E-state index contributed by atoms with van der Waals surface area (Å²) in [6.07, 6.45) is -0.584. The van der Waals surface area contributed by atoms with Crippen molar-refractivity contribution < 1.29 is 17.9 Å². The predicted molar refractivity (Wildman–Crippen MR) is 94.8 cm³/mol. The van der Waals surface area contributed by atoms with Crippen LogP contribution in [-0.2, 0) is 14.8 Å². The molecule has 1 atom stereocenters. The predicted octanol–water partition coefficient (Wildman–Crippen LogP) is 3.18. The number of alkyl carbamates (subject to hydrolysis) is 1. The Kier molecular flexibility index (Phi) is 6.67. The maximum Gasteiger partial charge on any atom is 0.407 e. The Morgan fingerprint density at radius 3 is 2.46 bits per heavy atom. The molecule has 1 aromatic rings. The fourth-order valence-corrected chi connectivity index (χ4v) is 3.48. The number of ether oxygens (including phenoxy) is 1. The third kappa shape index (κ3) is 5.96. The number of carbonyl (C=O) groups is 1. The van der Waals surface area contributed by atoms with E-state index in [4.69, 9.17) is 16.3 Å². The van der Waals surface area contributed by atoms with Crippen LogP contribution in [0.15, 0.2) is 23.1 Å². The molecule has 0 spiro atoms. The van der Waals surface area contributed by atoms with Crippen molar-refractivity contribution in [2.45, 2.75) is 51.2 Å². The average Bonchev–Trinajstić information content (AvgIpc) is 2.38. The molecule has 0 aliphatic carbocycles. The number of likely N-dealkylation sites (N-methyl/N-ethyl adjacent to an activating group) is 1. The van der Waals surface area contributed by atoms with Gasteiger partial charge in [-0.3, -0.25) is 0 Å². The summed E-state index contributed by atoms with van der Waals surface area (Å²) in [4.78, 5) is 11.8. The first-order valence-electron chi connectivity index (χ1n) is 7.55. The number of benzene rings is 1. The highest BCUT2D eigenvalue weighted by atomic mass is 35.5. The lowest BCUT2D eigenvalue weighted by Gasteiger charge is -2.24. The lowest BCUT2D eigenvalue weighted by molar-refractivity contribution is 0.0504. The molecule has 0 fully saturated rings. The van der Waals surface area contributed by atoms with E-state index in [9.17, 15) is 13.2 Å². The van der Waals surface area contributed by atoms with Gasteiger partial charge < -0.3 is 10.1 Å². The maximum absolute atomic E-state index is 12.6. The van der Waals surface area contributed by atoms with E-state index < -0.39 is 27.8 Å². The van der Waals surface area contributed by atoms with E-state index in [2.05, 4.69) is 5.32 Å². The molecule has 0 bridgehead atoms. The number of nitrogens with one attached hydrogen (secondary N) is 1. The Bertz CT molecular complexity index is 699. The highest BCUT2D eigenvalue weighted by Crippen LogP contribution is 2.22. The highest BCUT2D eigenvalue weighted by molar-refractivity contribution is 7.89. The molecule has 0 heterocycles. The summed E-state index contributed by atoms with van der Waals surface area (Å²) in [7, 11) is -2.23. The molecule has 1 aromatic carbocycles. The van der Waals surface area contributed by atoms with Gasteiger partial charge in [-0.05, 0) is 52.3 Å². The fraction of sp³-hybridized carbons (Fsp3) is 0.562. The summed E-state index contributed by atoms with van der Waals surface area (Å²) in [6.45, 7) is 8.89. The van der Waals surface area contributed by atoms with Gasteiger partial charge in [0.05, 0.1) is 4.90 Å². The van der Waals surface area contributed by atoms with Gasteiger partial charge >= 0.3 is 6.09 Å². The van der Waals surface area contributed by atoms with Crippen molar-refractivity contribution >= 4 is 27.7 Å². The van der Waals surface area contributed by atoms with Gasteiger partial charge in [0.1, 0.15) is 5.60 Å². The van der Waals surface area contributed by atoms with Crippen molar-refractivity contribution in [2.75, 3.05) is 13.6 Å². The summed E-state index contributed by atoms with van der Waals surface area (Å²) in [5, 5.41) is 3.01. The molecule has 0 aliphatic heterocycles. The van der Waals surface area contributed by atoms with E-state index >= 15 is 0 Å². The summed E-state index contributed by atoms with van der Waals surface area (Å²) in [6, 6.07) is 4.18. The van der Waals surface area contributed by atoms with Crippen LogP contribution in [0.2, 0.25) is 5.02 Å². The zero-order valence-electron chi connectivity index (χ0n) is 14.9. The lowest BCUT2D eigenvalue weighted by Crippen LogP contribution is -2.44. The average molecular weight is 377 g/mol. The van der Waals surface area contributed by atoms with Gasteiger partial charge in [-0.25, -0.2) is 13.2 Å². The maximum atomic E-state index is 12.6.